The molecule has 0 radical (unpaired) electrons. The van der Waals surface area contributed by atoms with Crippen LogP contribution in [0.25, 0.3) is 11.0 Å². The Kier molecular flexibility index (Phi) is 6.24. The van der Waals surface area contributed by atoms with Crippen LogP contribution in [0.15, 0.2) is 27.4 Å². The Morgan fingerprint density at radius 1 is 0.935 bits per heavy atom. The molecule has 3 heterocycles. The van der Waals surface area contributed by atoms with Gasteiger partial charge in [0.15, 0.2) is 0 Å². The van der Waals surface area contributed by atoms with Crippen LogP contribution in [0.4, 0.5) is 0 Å². The van der Waals surface area contributed by atoms with Gasteiger partial charge in [0.1, 0.15) is 5.58 Å². The Labute approximate surface area is 183 Å². The molecule has 2 unspecified atom stereocenters. The van der Waals surface area contributed by atoms with Crippen molar-refractivity contribution in [1.29, 1.82) is 0 Å². The van der Waals surface area contributed by atoms with Crippen molar-refractivity contribution in [2.24, 2.45) is 0 Å². The van der Waals surface area contributed by atoms with E-state index in [4.69, 9.17) is 9.15 Å². The minimum absolute atomic E-state index is 0.107. The molecule has 2 aromatic rings. The SMILES string of the molecule is Cc1cc2oc(=O)cc(CN3CCN(S(=O)(=O)N4CC(C)OC(C)C4)CC3)c2cc1C. The summed E-state index contributed by atoms with van der Waals surface area (Å²) in [6, 6.07) is 5.52. The third-order valence-corrected chi connectivity index (χ3v) is 8.18. The number of morpholine rings is 1. The lowest BCUT2D eigenvalue weighted by Gasteiger charge is -2.40. The van der Waals surface area contributed by atoms with Crippen molar-refractivity contribution in [3.8, 4) is 0 Å². The summed E-state index contributed by atoms with van der Waals surface area (Å²) in [7, 11) is -3.50. The summed E-state index contributed by atoms with van der Waals surface area (Å²) in [6.07, 6.45) is -0.213. The summed E-state index contributed by atoms with van der Waals surface area (Å²) in [6.45, 7) is 11.3. The van der Waals surface area contributed by atoms with E-state index < -0.39 is 10.2 Å². The zero-order valence-electron chi connectivity index (χ0n) is 18.6. The maximum absolute atomic E-state index is 13.1. The minimum atomic E-state index is -3.50. The first kappa shape index (κ1) is 22.4. The second kappa shape index (κ2) is 8.63. The molecule has 1 aromatic carbocycles. The van der Waals surface area contributed by atoms with Gasteiger partial charge in [-0.25, -0.2) is 4.79 Å². The molecule has 2 fully saturated rings. The van der Waals surface area contributed by atoms with Crippen LogP contribution in [0, 0.1) is 13.8 Å². The highest BCUT2D eigenvalue weighted by molar-refractivity contribution is 7.86. The highest BCUT2D eigenvalue weighted by Crippen LogP contribution is 2.24. The normalized spacial score (nSPS) is 24.6. The number of rotatable bonds is 4. The molecule has 0 saturated carbocycles. The van der Waals surface area contributed by atoms with Crippen LogP contribution in [0.2, 0.25) is 0 Å². The van der Waals surface area contributed by atoms with Crippen LogP contribution in [-0.2, 0) is 21.5 Å². The molecule has 2 aliphatic rings. The van der Waals surface area contributed by atoms with Crippen LogP contribution in [-0.4, -0.2) is 73.4 Å². The standard InChI is InChI=1S/C22H31N3O5S/c1-15-9-20-19(11-22(26)30-21(20)10-16(15)2)14-23-5-7-24(8-6-23)31(27,28)25-12-17(3)29-18(4)13-25/h9-11,17-18H,5-8,12-14H2,1-4H3. The van der Waals surface area contributed by atoms with E-state index in [0.29, 0.717) is 51.4 Å². The molecule has 4 rings (SSSR count). The summed E-state index contributed by atoms with van der Waals surface area (Å²) >= 11 is 0. The molecular formula is C22H31N3O5S. The molecule has 2 atom stereocenters. The van der Waals surface area contributed by atoms with Crippen LogP contribution in [0.5, 0.6) is 0 Å². The molecule has 0 bridgehead atoms. The number of hydrogen-bond acceptors (Lipinski definition) is 6. The Bertz CT molecular complexity index is 1110. The molecule has 31 heavy (non-hydrogen) atoms. The monoisotopic (exact) mass is 449 g/mol. The van der Waals surface area contributed by atoms with Crippen molar-refractivity contribution in [3.05, 3.63) is 45.3 Å². The fraction of sp³-hybridized carbons (Fsp3) is 0.591. The van der Waals surface area contributed by atoms with E-state index in [1.165, 1.54) is 0 Å². The second-order valence-corrected chi connectivity index (χ2v) is 10.7. The first-order valence-electron chi connectivity index (χ1n) is 10.8. The van der Waals surface area contributed by atoms with Gasteiger partial charge in [-0.05, 0) is 56.5 Å². The molecule has 2 saturated heterocycles. The van der Waals surface area contributed by atoms with Crippen molar-refractivity contribution < 1.29 is 17.6 Å². The van der Waals surface area contributed by atoms with Gasteiger partial charge in [0, 0.05) is 57.3 Å². The van der Waals surface area contributed by atoms with Crippen molar-refractivity contribution >= 4 is 21.2 Å². The predicted octanol–water partition coefficient (Wildman–Crippen LogP) is 1.88. The number of hydrogen-bond donors (Lipinski definition) is 0. The molecule has 0 spiro atoms. The van der Waals surface area contributed by atoms with E-state index in [9.17, 15) is 13.2 Å². The van der Waals surface area contributed by atoms with Crippen LogP contribution in [0.1, 0.15) is 30.5 Å². The average Bonchev–Trinajstić information content (AvgIpc) is 2.69. The van der Waals surface area contributed by atoms with E-state index in [2.05, 4.69) is 11.0 Å². The molecule has 0 aliphatic carbocycles. The summed E-state index contributed by atoms with van der Waals surface area (Å²) < 4.78 is 40.4. The number of piperazine rings is 1. The Morgan fingerprint density at radius 2 is 1.55 bits per heavy atom. The molecule has 170 valence electrons. The fourth-order valence-corrected chi connectivity index (χ4v) is 6.20. The van der Waals surface area contributed by atoms with Crippen LogP contribution < -0.4 is 5.63 Å². The van der Waals surface area contributed by atoms with Crippen molar-refractivity contribution in [1.82, 2.24) is 13.5 Å². The van der Waals surface area contributed by atoms with Gasteiger partial charge in [0.25, 0.3) is 10.2 Å². The third kappa shape index (κ3) is 4.70. The number of ether oxygens (including phenoxy) is 1. The Morgan fingerprint density at radius 3 is 2.19 bits per heavy atom. The van der Waals surface area contributed by atoms with Gasteiger partial charge in [-0.2, -0.15) is 17.0 Å². The second-order valence-electron chi connectivity index (χ2n) is 8.78. The third-order valence-electron chi connectivity index (χ3n) is 6.21. The lowest BCUT2D eigenvalue weighted by atomic mass is 10.0. The predicted molar refractivity (Wildman–Crippen MR) is 119 cm³/mol. The molecule has 2 aliphatic heterocycles. The molecular weight excluding hydrogens is 418 g/mol. The fourth-order valence-electron chi connectivity index (χ4n) is 4.46. The quantitative estimate of drug-likeness (QED) is 0.663. The Hall–Kier alpha value is -1.78. The van der Waals surface area contributed by atoms with Gasteiger partial charge >= 0.3 is 5.63 Å². The van der Waals surface area contributed by atoms with E-state index in [0.717, 1.165) is 22.1 Å². The smallest absolute Gasteiger partial charge is 0.336 e. The van der Waals surface area contributed by atoms with Gasteiger partial charge in [-0.3, -0.25) is 4.90 Å². The summed E-state index contributed by atoms with van der Waals surface area (Å²) in [5.74, 6) is 0. The molecule has 0 N–H and O–H groups in total. The lowest BCUT2D eigenvalue weighted by Crippen LogP contribution is -2.57. The first-order valence-corrected chi connectivity index (χ1v) is 12.2. The highest BCUT2D eigenvalue weighted by Gasteiger charge is 2.36. The van der Waals surface area contributed by atoms with Crippen molar-refractivity contribution in [2.75, 3.05) is 39.3 Å². The van der Waals surface area contributed by atoms with E-state index in [1.807, 2.05) is 33.8 Å². The number of nitrogens with zero attached hydrogens (tertiary/aromatic N) is 3. The number of fused-ring (bicyclic) bond motifs is 1. The van der Waals surface area contributed by atoms with Crippen molar-refractivity contribution in [2.45, 2.75) is 46.4 Å². The van der Waals surface area contributed by atoms with Gasteiger partial charge < -0.3 is 9.15 Å². The number of aryl methyl sites for hydroxylation is 2. The summed E-state index contributed by atoms with van der Waals surface area (Å²) in [5, 5.41) is 0.939. The van der Waals surface area contributed by atoms with Gasteiger partial charge in [-0.1, -0.05) is 0 Å². The molecule has 9 heteroatoms. The van der Waals surface area contributed by atoms with E-state index in [1.54, 1.807) is 14.7 Å². The van der Waals surface area contributed by atoms with Gasteiger partial charge in [0.2, 0.25) is 0 Å². The van der Waals surface area contributed by atoms with E-state index >= 15 is 0 Å². The molecule has 8 nitrogen and oxygen atoms in total. The maximum Gasteiger partial charge on any atom is 0.336 e. The molecule has 0 amide bonds. The minimum Gasteiger partial charge on any atom is -0.423 e. The average molecular weight is 450 g/mol. The van der Waals surface area contributed by atoms with Crippen LogP contribution >= 0.6 is 0 Å². The largest absolute Gasteiger partial charge is 0.423 e. The van der Waals surface area contributed by atoms with E-state index in [-0.39, 0.29) is 17.8 Å². The summed E-state index contributed by atoms with van der Waals surface area (Å²) in [4.78, 5) is 14.3. The van der Waals surface area contributed by atoms with Crippen LogP contribution in [0.3, 0.4) is 0 Å². The van der Waals surface area contributed by atoms with Gasteiger partial charge in [0.05, 0.1) is 12.2 Å². The zero-order chi connectivity index (χ0) is 22.3. The van der Waals surface area contributed by atoms with Gasteiger partial charge in [-0.15, -0.1) is 0 Å². The highest BCUT2D eigenvalue weighted by atomic mass is 32.2. The first-order chi connectivity index (χ1) is 14.6. The maximum atomic E-state index is 13.1. The number of benzene rings is 1. The Balaban J connectivity index is 1.46. The topological polar surface area (TPSA) is 83.3 Å². The zero-order valence-corrected chi connectivity index (χ0v) is 19.4. The van der Waals surface area contributed by atoms with Crippen molar-refractivity contribution in [3.63, 3.8) is 0 Å². The molecule has 1 aromatic heterocycles. The summed E-state index contributed by atoms with van der Waals surface area (Å²) in [5.41, 5.74) is 3.39. The lowest BCUT2D eigenvalue weighted by molar-refractivity contribution is -0.0457.